The zero-order valence-electron chi connectivity index (χ0n) is 15.5. The fraction of sp³-hybridized carbons (Fsp3) is 0.526. The first-order valence-corrected chi connectivity index (χ1v) is 9.36. The van der Waals surface area contributed by atoms with Crippen molar-refractivity contribution in [3.05, 3.63) is 36.5 Å². The largest absolute Gasteiger partial charge is 0.480 e. The van der Waals surface area contributed by atoms with Gasteiger partial charge in [-0.1, -0.05) is 0 Å². The normalized spacial score (nSPS) is 22.7. The number of hydrogen-bond acceptors (Lipinski definition) is 7. The second-order valence-electron chi connectivity index (χ2n) is 7.35. The lowest BCUT2D eigenvalue weighted by molar-refractivity contribution is 0.0459. The van der Waals surface area contributed by atoms with Crippen LogP contribution in [0.15, 0.2) is 30.9 Å². The van der Waals surface area contributed by atoms with Crippen LogP contribution in [-0.4, -0.2) is 64.0 Å². The van der Waals surface area contributed by atoms with Crippen LogP contribution in [0.3, 0.4) is 0 Å². The highest BCUT2D eigenvalue weighted by atomic mass is 16.5. The Morgan fingerprint density at radius 2 is 1.81 bits per heavy atom. The Bertz CT molecular complexity index is 781. The molecule has 1 unspecified atom stereocenters. The van der Waals surface area contributed by atoms with Gasteiger partial charge in [0.05, 0.1) is 19.5 Å². The number of nitrogens with zero attached hydrogens (tertiary/aromatic N) is 6. The highest BCUT2D eigenvalue weighted by Gasteiger charge is 2.41. The minimum atomic E-state index is -0.0580. The van der Waals surface area contributed by atoms with Crippen LogP contribution in [0.1, 0.15) is 36.2 Å². The van der Waals surface area contributed by atoms with Crippen molar-refractivity contribution in [3.63, 3.8) is 0 Å². The van der Waals surface area contributed by atoms with Gasteiger partial charge in [-0.05, 0) is 31.7 Å². The molecule has 2 aromatic heterocycles. The van der Waals surface area contributed by atoms with E-state index in [4.69, 9.17) is 4.74 Å². The Morgan fingerprint density at radius 1 is 1.04 bits per heavy atom. The van der Waals surface area contributed by atoms with Crippen LogP contribution in [0, 0.1) is 5.41 Å². The molecule has 2 saturated heterocycles. The number of carbonyl (C=O) groups is 1. The summed E-state index contributed by atoms with van der Waals surface area (Å²) in [6, 6.07) is 1.83. The molecule has 0 bridgehead atoms. The molecule has 1 amide bonds. The van der Waals surface area contributed by atoms with Crippen LogP contribution in [0.2, 0.25) is 0 Å². The third kappa shape index (κ3) is 3.70. The molecule has 2 aliphatic rings. The van der Waals surface area contributed by atoms with E-state index in [1.807, 2.05) is 11.0 Å². The van der Waals surface area contributed by atoms with Gasteiger partial charge in [0.15, 0.2) is 0 Å². The standard InChI is InChI=1S/C19H24N6O2/c1-27-16-12-22-15(11-23-16)17(26)24-9-2-5-19(13-24)6-3-10-25(14-19)18-20-7-4-8-21-18/h4,7-8,11-12H,2-3,5-6,9-10,13-14H2,1H3. The molecule has 4 rings (SSSR count). The third-order valence-electron chi connectivity index (χ3n) is 5.50. The molecule has 0 aliphatic carbocycles. The van der Waals surface area contributed by atoms with Crippen molar-refractivity contribution >= 4 is 11.9 Å². The molecule has 27 heavy (non-hydrogen) atoms. The lowest BCUT2D eigenvalue weighted by Crippen LogP contribution is -2.54. The molecule has 0 radical (unpaired) electrons. The topological polar surface area (TPSA) is 84.3 Å². The van der Waals surface area contributed by atoms with E-state index < -0.39 is 0 Å². The van der Waals surface area contributed by atoms with Gasteiger partial charge in [0.25, 0.3) is 5.91 Å². The van der Waals surface area contributed by atoms with Crippen LogP contribution in [0.4, 0.5) is 5.95 Å². The highest BCUT2D eigenvalue weighted by Crippen LogP contribution is 2.39. The van der Waals surface area contributed by atoms with Gasteiger partial charge in [0.1, 0.15) is 5.69 Å². The first-order chi connectivity index (χ1) is 13.2. The lowest BCUT2D eigenvalue weighted by Gasteiger charge is -2.48. The van der Waals surface area contributed by atoms with Crippen LogP contribution in [-0.2, 0) is 0 Å². The molecule has 8 nitrogen and oxygen atoms in total. The van der Waals surface area contributed by atoms with Gasteiger partial charge in [-0.3, -0.25) is 4.79 Å². The predicted octanol–water partition coefficient (Wildman–Crippen LogP) is 1.80. The molecule has 1 atom stereocenters. The van der Waals surface area contributed by atoms with Gasteiger partial charge < -0.3 is 14.5 Å². The average molecular weight is 368 g/mol. The molecular weight excluding hydrogens is 344 g/mol. The van der Waals surface area contributed by atoms with Crippen molar-refractivity contribution in [2.75, 3.05) is 38.2 Å². The molecule has 0 saturated carbocycles. The van der Waals surface area contributed by atoms with E-state index in [0.29, 0.717) is 11.6 Å². The van der Waals surface area contributed by atoms with Crippen LogP contribution in [0.25, 0.3) is 0 Å². The quantitative estimate of drug-likeness (QED) is 0.817. The molecule has 0 N–H and O–H groups in total. The van der Waals surface area contributed by atoms with Crippen molar-refractivity contribution in [1.29, 1.82) is 0 Å². The number of hydrogen-bond donors (Lipinski definition) is 0. The fourth-order valence-corrected chi connectivity index (χ4v) is 4.24. The van der Waals surface area contributed by atoms with Gasteiger partial charge in [-0.15, -0.1) is 0 Å². The van der Waals surface area contributed by atoms with Crippen molar-refractivity contribution in [2.45, 2.75) is 25.7 Å². The number of carbonyl (C=O) groups excluding carboxylic acids is 1. The van der Waals surface area contributed by atoms with E-state index in [0.717, 1.165) is 57.8 Å². The Morgan fingerprint density at radius 3 is 2.52 bits per heavy atom. The molecule has 142 valence electrons. The second kappa shape index (κ2) is 7.46. The van der Waals surface area contributed by atoms with Gasteiger partial charge in [-0.2, -0.15) is 0 Å². The Labute approximate surface area is 158 Å². The zero-order valence-corrected chi connectivity index (χ0v) is 15.5. The Kier molecular flexibility index (Phi) is 4.87. The first-order valence-electron chi connectivity index (χ1n) is 9.36. The number of rotatable bonds is 3. The van der Waals surface area contributed by atoms with E-state index in [-0.39, 0.29) is 11.3 Å². The van der Waals surface area contributed by atoms with Crippen LogP contribution < -0.4 is 9.64 Å². The summed E-state index contributed by atoms with van der Waals surface area (Å²) < 4.78 is 5.02. The molecule has 2 aromatic rings. The molecule has 1 spiro atoms. The number of amides is 1. The van der Waals surface area contributed by atoms with E-state index in [1.165, 1.54) is 19.5 Å². The Balaban J connectivity index is 1.48. The maximum atomic E-state index is 12.9. The smallest absolute Gasteiger partial charge is 0.274 e. The molecule has 2 fully saturated rings. The van der Waals surface area contributed by atoms with E-state index >= 15 is 0 Å². The highest BCUT2D eigenvalue weighted by molar-refractivity contribution is 5.92. The van der Waals surface area contributed by atoms with Crippen LogP contribution >= 0.6 is 0 Å². The SMILES string of the molecule is COc1cnc(C(=O)N2CCCC3(CCCN(c4ncccn4)C3)C2)cn1. The maximum Gasteiger partial charge on any atom is 0.274 e. The molecular formula is C19H24N6O2. The van der Waals surface area contributed by atoms with Gasteiger partial charge in [-0.25, -0.2) is 19.9 Å². The van der Waals surface area contributed by atoms with E-state index in [9.17, 15) is 4.79 Å². The summed E-state index contributed by atoms with van der Waals surface area (Å²) in [6.45, 7) is 3.34. The summed E-state index contributed by atoms with van der Waals surface area (Å²) in [5, 5.41) is 0. The van der Waals surface area contributed by atoms with E-state index in [1.54, 1.807) is 12.4 Å². The summed E-state index contributed by atoms with van der Waals surface area (Å²) in [6.07, 6.45) is 10.9. The molecule has 8 heteroatoms. The summed E-state index contributed by atoms with van der Waals surface area (Å²) in [7, 11) is 1.53. The number of aromatic nitrogens is 4. The second-order valence-corrected chi connectivity index (χ2v) is 7.35. The zero-order chi connectivity index (χ0) is 18.7. The summed E-state index contributed by atoms with van der Waals surface area (Å²) in [5.74, 6) is 1.13. The number of methoxy groups -OCH3 is 1. The average Bonchev–Trinajstić information content (AvgIpc) is 2.74. The first kappa shape index (κ1) is 17.6. The molecule has 2 aliphatic heterocycles. The number of likely N-dealkylation sites (tertiary alicyclic amines) is 1. The van der Waals surface area contributed by atoms with Crippen LogP contribution in [0.5, 0.6) is 5.88 Å². The number of ether oxygens (including phenoxy) is 1. The predicted molar refractivity (Wildman–Crippen MR) is 99.6 cm³/mol. The molecule has 4 heterocycles. The van der Waals surface area contributed by atoms with Gasteiger partial charge in [0.2, 0.25) is 11.8 Å². The van der Waals surface area contributed by atoms with Crippen molar-refractivity contribution < 1.29 is 9.53 Å². The monoisotopic (exact) mass is 368 g/mol. The lowest BCUT2D eigenvalue weighted by atomic mass is 9.73. The van der Waals surface area contributed by atoms with Crippen molar-refractivity contribution in [2.24, 2.45) is 5.41 Å². The van der Waals surface area contributed by atoms with Gasteiger partial charge >= 0.3 is 0 Å². The van der Waals surface area contributed by atoms with Crippen molar-refractivity contribution in [1.82, 2.24) is 24.8 Å². The number of anilines is 1. The minimum absolute atomic E-state index is 0.0580. The fourth-order valence-electron chi connectivity index (χ4n) is 4.24. The van der Waals surface area contributed by atoms with Crippen molar-refractivity contribution in [3.8, 4) is 5.88 Å². The number of piperidine rings is 2. The molecule has 0 aromatic carbocycles. The van der Waals surface area contributed by atoms with Gasteiger partial charge in [0, 0.05) is 44.0 Å². The summed E-state index contributed by atoms with van der Waals surface area (Å²) >= 11 is 0. The maximum absolute atomic E-state index is 12.9. The Hall–Kier alpha value is -2.77. The summed E-state index contributed by atoms with van der Waals surface area (Å²) in [4.78, 5) is 34.2. The third-order valence-corrected chi connectivity index (χ3v) is 5.50. The summed E-state index contributed by atoms with van der Waals surface area (Å²) in [5.41, 5.74) is 0.456. The minimum Gasteiger partial charge on any atom is -0.480 e. The van der Waals surface area contributed by atoms with E-state index in [2.05, 4.69) is 24.8 Å².